The summed E-state index contributed by atoms with van der Waals surface area (Å²) in [5.74, 6) is 1.06. The van der Waals surface area contributed by atoms with Crippen molar-refractivity contribution in [1.29, 1.82) is 0 Å². The quantitative estimate of drug-likeness (QED) is 0.540. The van der Waals surface area contributed by atoms with Crippen molar-refractivity contribution in [3.8, 4) is 0 Å². The highest BCUT2D eigenvalue weighted by Crippen LogP contribution is 2.14. The van der Waals surface area contributed by atoms with Gasteiger partial charge in [-0.15, -0.1) is 11.6 Å². The fourth-order valence-corrected chi connectivity index (χ4v) is 2.20. The lowest BCUT2D eigenvalue weighted by Crippen LogP contribution is -2.11. The third-order valence-electron chi connectivity index (χ3n) is 1.28. The van der Waals surface area contributed by atoms with Crippen LogP contribution < -0.4 is 0 Å². The molecule has 3 atom stereocenters. The van der Waals surface area contributed by atoms with Gasteiger partial charge >= 0.3 is 0 Å². The maximum Gasteiger partial charge on any atom is 0.130 e. The number of hydrogen-bond acceptors (Lipinski definition) is 2. The van der Waals surface area contributed by atoms with Crippen molar-refractivity contribution >= 4 is 22.4 Å². The molecule has 4 heteroatoms. The molecule has 0 aromatic carbocycles. The first-order valence-electron chi connectivity index (χ1n) is 2.82. The topological polar surface area (TPSA) is 26.3 Å². The molecule has 1 fully saturated rings. The van der Waals surface area contributed by atoms with Crippen LogP contribution in [0.2, 0.25) is 0 Å². The first kappa shape index (κ1) is 7.51. The van der Waals surface area contributed by atoms with Gasteiger partial charge in [0.15, 0.2) is 0 Å². The highest BCUT2D eigenvalue weighted by molar-refractivity contribution is 7.85. The Morgan fingerprint density at radius 2 is 2.56 bits per heavy atom. The normalized spacial score (nSPS) is 43.6. The van der Waals surface area contributed by atoms with E-state index in [1.54, 1.807) is 0 Å². The van der Waals surface area contributed by atoms with Crippen LogP contribution in [-0.2, 0) is 15.5 Å². The smallest absolute Gasteiger partial charge is 0.130 e. The summed E-state index contributed by atoms with van der Waals surface area (Å²) in [6.07, 6.45) is 0.0162. The van der Waals surface area contributed by atoms with Crippen molar-refractivity contribution in [2.24, 2.45) is 0 Å². The minimum Gasteiger partial charge on any atom is -0.360 e. The van der Waals surface area contributed by atoms with E-state index in [4.69, 9.17) is 16.3 Å². The SMILES string of the molecule is CC1OC(CCl)CS1=O. The van der Waals surface area contributed by atoms with Gasteiger partial charge in [-0.05, 0) is 6.92 Å². The highest BCUT2D eigenvalue weighted by atomic mass is 35.5. The molecule has 0 N–H and O–H groups in total. The standard InChI is InChI=1S/C5H9ClO2S/c1-4-8-5(2-6)3-9(4)7/h4-5H,2-3H2,1H3. The summed E-state index contributed by atoms with van der Waals surface area (Å²) in [6, 6.07) is 0. The number of alkyl halides is 1. The van der Waals surface area contributed by atoms with Crippen molar-refractivity contribution in [2.75, 3.05) is 11.6 Å². The molecule has 0 aromatic rings. The maximum atomic E-state index is 10.9. The van der Waals surface area contributed by atoms with Gasteiger partial charge in [0.25, 0.3) is 0 Å². The van der Waals surface area contributed by atoms with Crippen molar-refractivity contribution in [2.45, 2.75) is 18.5 Å². The van der Waals surface area contributed by atoms with Crippen LogP contribution in [0.1, 0.15) is 6.92 Å². The Hall–Kier alpha value is 0.400. The summed E-state index contributed by atoms with van der Waals surface area (Å²) >= 11 is 5.48. The Kier molecular flexibility index (Phi) is 2.50. The van der Waals surface area contributed by atoms with Crippen LogP contribution in [0.5, 0.6) is 0 Å². The second-order valence-electron chi connectivity index (χ2n) is 2.03. The molecule has 3 unspecified atom stereocenters. The molecule has 1 rings (SSSR count). The highest BCUT2D eigenvalue weighted by Gasteiger charge is 2.27. The minimum atomic E-state index is -0.804. The molecular weight excluding hydrogens is 160 g/mol. The number of halogens is 1. The van der Waals surface area contributed by atoms with Gasteiger partial charge in [-0.3, -0.25) is 4.21 Å². The summed E-state index contributed by atoms with van der Waals surface area (Å²) in [4.78, 5) is 0. The number of hydrogen-bond donors (Lipinski definition) is 0. The zero-order valence-electron chi connectivity index (χ0n) is 5.17. The van der Waals surface area contributed by atoms with Crippen molar-refractivity contribution in [3.05, 3.63) is 0 Å². The largest absolute Gasteiger partial charge is 0.360 e. The Morgan fingerprint density at radius 3 is 2.78 bits per heavy atom. The van der Waals surface area contributed by atoms with E-state index >= 15 is 0 Å². The molecule has 0 spiro atoms. The summed E-state index contributed by atoms with van der Waals surface area (Å²) < 4.78 is 16.1. The first-order valence-corrected chi connectivity index (χ1v) is 4.74. The first-order chi connectivity index (χ1) is 4.24. The second kappa shape index (κ2) is 2.99. The Bertz CT molecular complexity index is 128. The van der Waals surface area contributed by atoms with Crippen LogP contribution in [0.3, 0.4) is 0 Å². The van der Waals surface area contributed by atoms with Gasteiger partial charge in [0.2, 0.25) is 0 Å². The van der Waals surface area contributed by atoms with E-state index in [1.165, 1.54) is 0 Å². The van der Waals surface area contributed by atoms with E-state index in [0.717, 1.165) is 0 Å². The fourth-order valence-electron chi connectivity index (χ4n) is 0.772. The van der Waals surface area contributed by atoms with Crippen LogP contribution >= 0.6 is 11.6 Å². The molecule has 1 heterocycles. The summed E-state index contributed by atoms with van der Waals surface area (Å²) in [7, 11) is -0.804. The predicted molar refractivity (Wildman–Crippen MR) is 38.1 cm³/mol. The second-order valence-corrected chi connectivity index (χ2v) is 4.09. The summed E-state index contributed by atoms with van der Waals surface area (Å²) in [6.45, 7) is 1.81. The fraction of sp³-hybridized carbons (Fsp3) is 1.00. The van der Waals surface area contributed by atoms with Crippen LogP contribution in [0.25, 0.3) is 0 Å². The van der Waals surface area contributed by atoms with Crippen LogP contribution in [0.4, 0.5) is 0 Å². The van der Waals surface area contributed by atoms with Crippen LogP contribution in [0.15, 0.2) is 0 Å². The molecule has 1 aliphatic heterocycles. The zero-order valence-corrected chi connectivity index (χ0v) is 6.74. The molecule has 1 saturated heterocycles. The van der Waals surface area contributed by atoms with Crippen LogP contribution in [-0.4, -0.2) is 27.4 Å². The van der Waals surface area contributed by atoms with E-state index in [-0.39, 0.29) is 11.5 Å². The Labute approximate surface area is 62.0 Å². The maximum absolute atomic E-state index is 10.9. The molecule has 9 heavy (non-hydrogen) atoms. The van der Waals surface area contributed by atoms with Gasteiger partial charge in [-0.2, -0.15) is 0 Å². The third-order valence-corrected chi connectivity index (χ3v) is 3.17. The molecule has 54 valence electrons. The van der Waals surface area contributed by atoms with Gasteiger partial charge in [-0.1, -0.05) is 0 Å². The van der Waals surface area contributed by atoms with E-state index in [0.29, 0.717) is 11.6 Å². The average molecular weight is 169 g/mol. The molecule has 0 aliphatic carbocycles. The minimum absolute atomic E-state index is 0.0162. The van der Waals surface area contributed by atoms with Crippen molar-refractivity contribution in [1.82, 2.24) is 0 Å². The molecule has 0 amide bonds. The number of rotatable bonds is 1. The molecule has 0 aromatic heterocycles. The summed E-state index contributed by atoms with van der Waals surface area (Å²) in [5.41, 5.74) is -0.117. The molecule has 2 nitrogen and oxygen atoms in total. The van der Waals surface area contributed by atoms with E-state index in [9.17, 15) is 4.21 Å². The van der Waals surface area contributed by atoms with Gasteiger partial charge in [0.05, 0.1) is 22.7 Å². The van der Waals surface area contributed by atoms with E-state index in [2.05, 4.69) is 0 Å². The molecule has 0 bridgehead atoms. The zero-order chi connectivity index (χ0) is 6.85. The lowest BCUT2D eigenvalue weighted by atomic mass is 10.5. The van der Waals surface area contributed by atoms with Gasteiger partial charge < -0.3 is 4.74 Å². The lowest BCUT2D eigenvalue weighted by molar-refractivity contribution is 0.0899. The third kappa shape index (κ3) is 1.66. The van der Waals surface area contributed by atoms with Crippen molar-refractivity contribution < 1.29 is 8.95 Å². The molecule has 0 radical (unpaired) electrons. The predicted octanol–water partition coefficient (Wildman–Crippen LogP) is 0.719. The number of ether oxygens (including phenoxy) is 1. The van der Waals surface area contributed by atoms with Crippen molar-refractivity contribution in [3.63, 3.8) is 0 Å². The molecular formula is C5H9ClO2S. The molecule has 0 saturated carbocycles. The lowest BCUT2D eigenvalue weighted by Gasteiger charge is -2.02. The van der Waals surface area contributed by atoms with Gasteiger partial charge in [0.1, 0.15) is 5.44 Å². The molecule has 1 aliphatic rings. The Balaban J connectivity index is 2.44. The van der Waals surface area contributed by atoms with E-state index in [1.807, 2.05) is 6.92 Å². The van der Waals surface area contributed by atoms with Gasteiger partial charge in [-0.25, -0.2) is 0 Å². The summed E-state index contributed by atoms with van der Waals surface area (Å²) in [5, 5.41) is 0. The van der Waals surface area contributed by atoms with Crippen LogP contribution in [0, 0.1) is 0 Å². The Morgan fingerprint density at radius 1 is 1.89 bits per heavy atom. The van der Waals surface area contributed by atoms with E-state index < -0.39 is 10.8 Å². The monoisotopic (exact) mass is 168 g/mol. The van der Waals surface area contributed by atoms with Gasteiger partial charge in [0, 0.05) is 5.88 Å². The average Bonchev–Trinajstić information content (AvgIpc) is 2.13.